The van der Waals surface area contributed by atoms with Crippen molar-refractivity contribution in [2.75, 3.05) is 7.05 Å². The highest BCUT2D eigenvalue weighted by Crippen LogP contribution is 2.21. The zero-order chi connectivity index (χ0) is 18.6. The molecule has 0 radical (unpaired) electrons. The van der Waals surface area contributed by atoms with Crippen LogP contribution in [0.4, 0.5) is 0 Å². The van der Waals surface area contributed by atoms with Crippen molar-refractivity contribution < 1.29 is 13.2 Å². The van der Waals surface area contributed by atoms with Crippen LogP contribution in [0.3, 0.4) is 0 Å². The molecule has 0 fully saturated rings. The molecule has 1 N–H and O–H groups in total. The molecular weight excluding hydrogens is 336 g/mol. The molecule has 1 atom stereocenters. The summed E-state index contributed by atoms with van der Waals surface area (Å²) in [4.78, 5) is 14.5. The fraction of sp³-hybridized carbons (Fsp3) is 0.316. The van der Waals surface area contributed by atoms with Crippen molar-refractivity contribution in [3.8, 4) is 0 Å². The molecule has 0 saturated heterocycles. The zero-order valence-corrected chi connectivity index (χ0v) is 15.7. The molecule has 2 rings (SSSR count). The van der Waals surface area contributed by atoms with Gasteiger partial charge in [0.25, 0.3) is 5.91 Å². The second-order valence-corrected chi connectivity index (χ2v) is 8.02. The number of carbonyl (C=O) groups excluding carboxylic acids is 1. The first-order chi connectivity index (χ1) is 11.7. The first-order valence-corrected chi connectivity index (χ1v) is 9.65. The van der Waals surface area contributed by atoms with Crippen LogP contribution in [-0.4, -0.2) is 32.3 Å². The molecule has 0 aliphatic rings. The van der Waals surface area contributed by atoms with Gasteiger partial charge < -0.3 is 4.90 Å². The number of rotatable bonds is 6. The SMILES string of the molecule is CC(C)NS(=O)(=O)c1ccc(C(=O)N(C)C(C)c2ccccc2)cc1. The Bertz CT molecular complexity index is 816. The summed E-state index contributed by atoms with van der Waals surface area (Å²) in [6, 6.07) is 15.5. The summed E-state index contributed by atoms with van der Waals surface area (Å²) >= 11 is 0. The Morgan fingerprint density at radius 2 is 1.52 bits per heavy atom. The number of benzene rings is 2. The number of amides is 1. The lowest BCUT2D eigenvalue weighted by Crippen LogP contribution is -2.31. The van der Waals surface area contributed by atoms with E-state index in [4.69, 9.17) is 0 Å². The standard InChI is InChI=1S/C19H24N2O3S/c1-14(2)20-25(23,24)18-12-10-17(11-13-18)19(22)21(4)15(3)16-8-6-5-7-9-16/h5-15,20H,1-4H3. The van der Waals surface area contributed by atoms with Crippen molar-refractivity contribution in [1.29, 1.82) is 0 Å². The van der Waals surface area contributed by atoms with Gasteiger partial charge in [-0.05, 0) is 50.6 Å². The Kier molecular flexibility index (Phi) is 5.98. The maximum atomic E-state index is 12.7. The summed E-state index contributed by atoms with van der Waals surface area (Å²) in [5, 5.41) is 0. The van der Waals surface area contributed by atoms with Crippen LogP contribution in [0.2, 0.25) is 0 Å². The van der Waals surface area contributed by atoms with E-state index in [1.807, 2.05) is 37.3 Å². The molecule has 0 spiro atoms. The van der Waals surface area contributed by atoms with Crippen LogP contribution in [0.1, 0.15) is 42.7 Å². The van der Waals surface area contributed by atoms with Crippen molar-refractivity contribution in [2.45, 2.75) is 37.8 Å². The van der Waals surface area contributed by atoms with E-state index in [-0.39, 0.29) is 22.9 Å². The van der Waals surface area contributed by atoms with Gasteiger partial charge in [-0.25, -0.2) is 13.1 Å². The molecular formula is C19H24N2O3S. The first-order valence-electron chi connectivity index (χ1n) is 8.17. The third-order valence-electron chi connectivity index (χ3n) is 3.99. The van der Waals surface area contributed by atoms with Crippen molar-refractivity contribution in [3.05, 3.63) is 65.7 Å². The van der Waals surface area contributed by atoms with Gasteiger partial charge in [-0.1, -0.05) is 30.3 Å². The van der Waals surface area contributed by atoms with Gasteiger partial charge in [-0.15, -0.1) is 0 Å². The lowest BCUT2D eigenvalue weighted by atomic mass is 10.1. The lowest BCUT2D eigenvalue weighted by molar-refractivity contribution is 0.0742. The Morgan fingerprint density at radius 3 is 2.04 bits per heavy atom. The highest BCUT2D eigenvalue weighted by atomic mass is 32.2. The average Bonchev–Trinajstić information content (AvgIpc) is 2.59. The van der Waals surface area contributed by atoms with Crippen LogP contribution >= 0.6 is 0 Å². The van der Waals surface area contributed by atoms with E-state index in [1.165, 1.54) is 12.1 Å². The largest absolute Gasteiger partial charge is 0.335 e. The van der Waals surface area contributed by atoms with Gasteiger partial charge in [0.1, 0.15) is 0 Å². The van der Waals surface area contributed by atoms with Crippen LogP contribution in [-0.2, 0) is 10.0 Å². The minimum Gasteiger partial charge on any atom is -0.335 e. The third-order valence-corrected chi connectivity index (χ3v) is 5.66. The molecule has 0 bridgehead atoms. The second kappa shape index (κ2) is 7.80. The fourth-order valence-corrected chi connectivity index (χ4v) is 3.74. The van der Waals surface area contributed by atoms with Crippen LogP contribution in [0.5, 0.6) is 0 Å². The number of hydrogen-bond donors (Lipinski definition) is 1. The molecule has 0 heterocycles. The number of carbonyl (C=O) groups is 1. The number of hydrogen-bond acceptors (Lipinski definition) is 3. The molecule has 6 heteroatoms. The van der Waals surface area contributed by atoms with E-state index in [0.29, 0.717) is 5.56 Å². The predicted molar refractivity (Wildman–Crippen MR) is 98.9 cm³/mol. The van der Waals surface area contributed by atoms with Crippen molar-refractivity contribution in [1.82, 2.24) is 9.62 Å². The van der Waals surface area contributed by atoms with Crippen LogP contribution < -0.4 is 4.72 Å². The summed E-state index contributed by atoms with van der Waals surface area (Å²) in [6.45, 7) is 5.48. The maximum Gasteiger partial charge on any atom is 0.254 e. The Hall–Kier alpha value is -2.18. The van der Waals surface area contributed by atoms with Crippen LogP contribution in [0.25, 0.3) is 0 Å². The van der Waals surface area contributed by atoms with Crippen molar-refractivity contribution in [3.63, 3.8) is 0 Å². The lowest BCUT2D eigenvalue weighted by Gasteiger charge is -2.25. The van der Waals surface area contributed by atoms with Crippen LogP contribution in [0.15, 0.2) is 59.5 Å². The molecule has 2 aromatic rings. The van der Waals surface area contributed by atoms with E-state index in [1.54, 1.807) is 37.9 Å². The molecule has 25 heavy (non-hydrogen) atoms. The minimum absolute atomic E-state index is 0.0836. The van der Waals surface area contributed by atoms with E-state index >= 15 is 0 Å². The first kappa shape index (κ1) is 19.1. The van der Waals surface area contributed by atoms with E-state index in [0.717, 1.165) is 5.56 Å². The van der Waals surface area contributed by atoms with E-state index in [9.17, 15) is 13.2 Å². The van der Waals surface area contributed by atoms with E-state index < -0.39 is 10.0 Å². The van der Waals surface area contributed by atoms with E-state index in [2.05, 4.69) is 4.72 Å². The topological polar surface area (TPSA) is 66.5 Å². The average molecular weight is 360 g/mol. The number of sulfonamides is 1. The Balaban J connectivity index is 2.17. The minimum atomic E-state index is -3.56. The molecule has 0 aromatic heterocycles. The summed E-state index contributed by atoms with van der Waals surface area (Å²) in [5.74, 6) is -0.155. The van der Waals surface area contributed by atoms with Crippen molar-refractivity contribution >= 4 is 15.9 Å². The van der Waals surface area contributed by atoms with Gasteiger partial charge in [0.05, 0.1) is 10.9 Å². The monoisotopic (exact) mass is 360 g/mol. The van der Waals surface area contributed by atoms with Gasteiger partial charge in [0, 0.05) is 18.7 Å². The third kappa shape index (κ3) is 4.67. The van der Waals surface area contributed by atoms with Gasteiger partial charge in [-0.2, -0.15) is 0 Å². The summed E-state index contributed by atoms with van der Waals surface area (Å²) in [7, 11) is -1.82. The summed E-state index contributed by atoms with van der Waals surface area (Å²) < 4.78 is 26.8. The van der Waals surface area contributed by atoms with Crippen molar-refractivity contribution in [2.24, 2.45) is 0 Å². The normalized spacial score (nSPS) is 12.8. The molecule has 1 amide bonds. The maximum absolute atomic E-state index is 12.7. The molecule has 0 aliphatic heterocycles. The number of nitrogens with one attached hydrogen (secondary N) is 1. The molecule has 134 valence electrons. The zero-order valence-electron chi connectivity index (χ0n) is 14.9. The number of nitrogens with zero attached hydrogens (tertiary/aromatic N) is 1. The van der Waals surface area contributed by atoms with Gasteiger partial charge in [0.2, 0.25) is 10.0 Å². The predicted octanol–water partition coefficient (Wildman–Crippen LogP) is 3.21. The highest BCUT2D eigenvalue weighted by molar-refractivity contribution is 7.89. The molecule has 1 unspecified atom stereocenters. The Labute approximate surface area is 149 Å². The Morgan fingerprint density at radius 1 is 0.960 bits per heavy atom. The molecule has 5 nitrogen and oxygen atoms in total. The molecule has 2 aromatic carbocycles. The quantitative estimate of drug-likeness (QED) is 0.860. The fourth-order valence-electron chi connectivity index (χ4n) is 2.49. The highest BCUT2D eigenvalue weighted by Gasteiger charge is 2.20. The molecule has 0 aliphatic carbocycles. The molecule has 0 saturated carbocycles. The van der Waals surface area contributed by atoms with Gasteiger partial charge in [-0.3, -0.25) is 4.79 Å². The second-order valence-electron chi connectivity index (χ2n) is 6.30. The van der Waals surface area contributed by atoms with Gasteiger partial charge in [0.15, 0.2) is 0 Å². The smallest absolute Gasteiger partial charge is 0.254 e. The summed E-state index contributed by atoms with van der Waals surface area (Å²) in [6.07, 6.45) is 0. The summed E-state index contributed by atoms with van der Waals surface area (Å²) in [5.41, 5.74) is 1.49. The van der Waals surface area contributed by atoms with Crippen LogP contribution in [0, 0.1) is 0 Å². The van der Waals surface area contributed by atoms with Gasteiger partial charge >= 0.3 is 0 Å².